The molecule has 1 saturated heterocycles. The van der Waals surface area contributed by atoms with Gasteiger partial charge in [-0.2, -0.15) is 0 Å². The van der Waals surface area contributed by atoms with Crippen molar-refractivity contribution in [1.82, 2.24) is 20.6 Å². The number of benzene rings is 1. The summed E-state index contributed by atoms with van der Waals surface area (Å²) in [5.74, 6) is 1.13. The summed E-state index contributed by atoms with van der Waals surface area (Å²) in [6.07, 6.45) is 2.08. The van der Waals surface area contributed by atoms with E-state index in [1.54, 1.807) is 4.68 Å². The largest absolute Gasteiger partial charge is 0.551 e. The van der Waals surface area contributed by atoms with E-state index in [0.29, 0.717) is 17.1 Å². The average molecular weight is 305 g/mol. The standard InChI is InChI=1S/C14H14ClN5O/c15-12-10-3-1-2-4-11(10)20(18-12)14-17-13(19-21-14)9-5-7-16-8-6-9/h1-4,9,16H,5-8H2/p+1. The Balaban J connectivity index is 1.74. The van der Waals surface area contributed by atoms with Gasteiger partial charge < -0.3 is 5.32 Å². The van der Waals surface area contributed by atoms with Gasteiger partial charge >= 0.3 is 6.01 Å². The highest BCUT2D eigenvalue weighted by atomic mass is 35.5. The average Bonchev–Trinajstić information content (AvgIpc) is 3.14. The van der Waals surface area contributed by atoms with Gasteiger partial charge in [-0.3, -0.25) is 4.52 Å². The molecule has 108 valence electrons. The number of para-hydroxylation sites is 1. The van der Waals surface area contributed by atoms with E-state index in [0.717, 1.165) is 42.7 Å². The molecule has 0 unspecified atom stereocenters. The molecule has 0 bridgehead atoms. The molecular formula is C14H15ClN5O+. The van der Waals surface area contributed by atoms with Crippen LogP contribution in [0.1, 0.15) is 24.6 Å². The molecule has 1 fully saturated rings. The van der Waals surface area contributed by atoms with Crippen molar-refractivity contribution in [3.63, 3.8) is 0 Å². The first kappa shape index (κ1) is 12.8. The Morgan fingerprint density at radius 3 is 2.90 bits per heavy atom. The summed E-state index contributed by atoms with van der Waals surface area (Å²) in [5, 5.41) is 12.0. The Kier molecular flexibility index (Phi) is 3.12. The van der Waals surface area contributed by atoms with Gasteiger partial charge in [0.1, 0.15) is 0 Å². The highest BCUT2D eigenvalue weighted by Crippen LogP contribution is 2.23. The summed E-state index contributed by atoms with van der Waals surface area (Å²) in [6, 6.07) is 8.24. The highest BCUT2D eigenvalue weighted by molar-refractivity contribution is 6.33. The molecule has 1 aliphatic rings. The van der Waals surface area contributed by atoms with Gasteiger partial charge in [-0.25, -0.2) is 5.10 Å². The molecule has 1 aromatic carbocycles. The number of nitrogens with one attached hydrogen (secondary N) is 2. The smallest absolute Gasteiger partial charge is 0.317 e. The summed E-state index contributed by atoms with van der Waals surface area (Å²) in [7, 11) is 0. The zero-order valence-electron chi connectivity index (χ0n) is 11.3. The Bertz CT molecular complexity index is 775. The van der Waals surface area contributed by atoms with Crippen LogP contribution in [0, 0.1) is 0 Å². The predicted molar refractivity (Wildman–Crippen MR) is 77.5 cm³/mol. The number of aromatic nitrogens is 4. The minimum absolute atomic E-state index is 0.362. The van der Waals surface area contributed by atoms with Gasteiger partial charge in [0.2, 0.25) is 0 Å². The maximum atomic E-state index is 6.21. The zero-order chi connectivity index (χ0) is 14.2. The third-order valence-corrected chi connectivity index (χ3v) is 4.21. The molecule has 1 aliphatic heterocycles. The van der Waals surface area contributed by atoms with Crippen molar-refractivity contribution < 1.29 is 9.20 Å². The number of aromatic amines is 1. The number of nitrogens with zero attached hydrogens (tertiary/aromatic N) is 3. The van der Waals surface area contributed by atoms with Gasteiger partial charge in [0.05, 0.1) is 5.39 Å². The number of hydrogen-bond acceptors (Lipinski definition) is 4. The van der Waals surface area contributed by atoms with E-state index in [-0.39, 0.29) is 0 Å². The molecular weight excluding hydrogens is 290 g/mol. The van der Waals surface area contributed by atoms with E-state index in [9.17, 15) is 0 Å². The summed E-state index contributed by atoms with van der Waals surface area (Å²) in [5.41, 5.74) is 0.919. The van der Waals surface area contributed by atoms with Crippen molar-refractivity contribution >= 4 is 22.5 Å². The van der Waals surface area contributed by atoms with Crippen LogP contribution in [0.5, 0.6) is 0 Å². The van der Waals surface area contributed by atoms with Crippen LogP contribution in [0.15, 0.2) is 28.8 Å². The Morgan fingerprint density at radius 2 is 2.05 bits per heavy atom. The van der Waals surface area contributed by atoms with Gasteiger partial charge in [0.25, 0.3) is 5.82 Å². The summed E-state index contributed by atoms with van der Waals surface area (Å²) in [6.45, 7) is 2.00. The molecule has 0 amide bonds. The summed E-state index contributed by atoms with van der Waals surface area (Å²) in [4.78, 5) is 4.54. The van der Waals surface area contributed by atoms with Crippen LogP contribution in [-0.4, -0.2) is 28.3 Å². The van der Waals surface area contributed by atoms with E-state index in [4.69, 9.17) is 16.1 Å². The second-order valence-corrected chi connectivity index (χ2v) is 5.62. The summed E-state index contributed by atoms with van der Waals surface area (Å²) < 4.78 is 7.15. The van der Waals surface area contributed by atoms with E-state index in [2.05, 4.69) is 20.6 Å². The molecule has 3 aromatic rings. The first-order chi connectivity index (χ1) is 10.3. The van der Waals surface area contributed by atoms with Crippen molar-refractivity contribution in [3.8, 4) is 6.01 Å². The number of hydrogen-bond donors (Lipinski definition) is 2. The first-order valence-electron chi connectivity index (χ1n) is 7.06. The van der Waals surface area contributed by atoms with Crippen molar-refractivity contribution in [3.05, 3.63) is 35.2 Å². The van der Waals surface area contributed by atoms with Crippen LogP contribution in [0.2, 0.25) is 5.15 Å². The lowest BCUT2D eigenvalue weighted by molar-refractivity contribution is -0.646. The number of halogens is 1. The maximum absolute atomic E-state index is 6.21. The Morgan fingerprint density at radius 1 is 1.24 bits per heavy atom. The SMILES string of the molecule is Clc1[nH][n+](-c2nc(C3CCNCC3)no2)c2ccccc12. The monoisotopic (exact) mass is 304 g/mol. The third-order valence-electron chi connectivity index (χ3n) is 3.92. The van der Waals surface area contributed by atoms with E-state index in [1.165, 1.54) is 0 Å². The van der Waals surface area contributed by atoms with Crippen molar-refractivity contribution in [2.75, 3.05) is 13.1 Å². The van der Waals surface area contributed by atoms with E-state index in [1.807, 2.05) is 24.3 Å². The minimum Gasteiger partial charge on any atom is -0.317 e. The van der Waals surface area contributed by atoms with Crippen molar-refractivity contribution in [1.29, 1.82) is 0 Å². The van der Waals surface area contributed by atoms with Crippen LogP contribution in [0.25, 0.3) is 16.9 Å². The lowest BCUT2D eigenvalue weighted by Crippen LogP contribution is -2.33. The molecule has 0 atom stereocenters. The number of fused-ring (bicyclic) bond motifs is 1. The molecule has 4 rings (SSSR count). The first-order valence-corrected chi connectivity index (χ1v) is 7.43. The summed E-state index contributed by atoms with van der Waals surface area (Å²) >= 11 is 6.21. The fraction of sp³-hybridized carbons (Fsp3) is 0.357. The van der Waals surface area contributed by atoms with E-state index < -0.39 is 0 Å². The van der Waals surface area contributed by atoms with Gasteiger partial charge in [-0.1, -0.05) is 28.4 Å². The van der Waals surface area contributed by atoms with Crippen molar-refractivity contribution in [2.24, 2.45) is 0 Å². The topological polar surface area (TPSA) is 70.6 Å². The minimum atomic E-state index is 0.362. The van der Waals surface area contributed by atoms with Gasteiger partial charge in [-0.05, 0) is 43.2 Å². The normalized spacial score (nSPS) is 16.6. The second kappa shape index (κ2) is 5.13. The lowest BCUT2D eigenvalue weighted by Gasteiger charge is -2.17. The Hall–Kier alpha value is -1.92. The van der Waals surface area contributed by atoms with Gasteiger partial charge in [0.15, 0.2) is 10.7 Å². The molecule has 3 heterocycles. The van der Waals surface area contributed by atoms with Crippen LogP contribution >= 0.6 is 11.6 Å². The molecule has 2 aromatic heterocycles. The number of H-pyrrole nitrogens is 1. The molecule has 21 heavy (non-hydrogen) atoms. The zero-order valence-corrected chi connectivity index (χ0v) is 12.1. The molecule has 0 aliphatic carbocycles. The molecule has 6 nitrogen and oxygen atoms in total. The van der Waals surface area contributed by atoms with E-state index >= 15 is 0 Å². The number of rotatable bonds is 2. The number of piperidine rings is 1. The quantitative estimate of drug-likeness (QED) is 0.710. The molecule has 2 N–H and O–H groups in total. The van der Waals surface area contributed by atoms with Gasteiger partial charge in [0, 0.05) is 10.9 Å². The predicted octanol–water partition coefficient (Wildman–Crippen LogP) is 1.95. The van der Waals surface area contributed by atoms with Gasteiger partial charge in [-0.15, -0.1) is 0 Å². The Labute approximate surface area is 126 Å². The fourth-order valence-corrected chi connectivity index (χ4v) is 3.03. The highest BCUT2D eigenvalue weighted by Gasteiger charge is 2.29. The van der Waals surface area contributed by atoms with Crippen molar-refractivity contribution in [2.45, 2.75) is 18.8 Å². The van der Waals surface area contributed by atoms with Crippen LogP contribution in [0.3, 0.4) is 0 Å². The molecule has 0 saturated carbocycles. The molecule has 0 spiro atoms. The van der Waals surface area contributed by atoms with Crippen LogP contribution in [-0.2, 0) is 0 Å². The molecule has 0 radical (unpaired) electrons. The third kappa shape index (κ3) is 2.20. The fourth-order valence-electron chi connectivity index (χ4n) is 2.79. The van der Waals surface area contributed by atoms with Crippen LogP contribution < -0.4 is 10.00 Å². The van der Waals surface area contributed by atoms with Crippen LogP contribution in [0.4, 0.5) is 0 Å². The second-order valence-electron chi connectivity index (χ2n) is 5.24. The lowest BCUT2D eigenvalue weighted by atomic mass is 9.98. The molecule has 7 heteroatoms. The maximum Gasteiger partial charge on any atom is 0.551 e.